The van der Waals surface area contributed by atoms with Gasteiger partial charge in [0.15, 0.2) is 0 Å². The van der Waals surface area contributed by atoms with Crippen LogP contribution in [0.2, 0.25) is 10.0 Å². The molecule has 0 aliphatic heterocycles. The fourth-order valence-electron chi connectivity index (χ4n) is 0.692. The lowest BCUT2D eigenvalue weighted by atomic mass is 10.2. The number of aryl methyl sites for hydroxylation is 1. The third kappa shape index (κ3) is 10.4. The summed E-state index contributed by atoms with van der Waals surface area (Å²) in [5.41, 5.74) is 1.09. The Balaban J connectivity index is 0.000000292. The summed E-state index contributed by atoms with van der Waals surface area (Å²) in [6.45, 7) is 1.96. The highest BCUT2D eigenvalue weighted by atomic mass is 36.0. The lowest BCUT2D eigenvalue weighted by molar-refractivity contribution is 0.621. The Hall–Kier alpha value is 0.330. The molecule has 2 nitrogen and oxygen atoms in total. The van der Waals surface area contributed by atoms with E-state index >= 15 is 0 Å². The molecule has 0 saturated heterocycles. The first-order valence-electron chi connectivity index (χ1n) is 3.25. The molecule has 1 rings (SSSR count). The van der Waals surface area contributed by atoms with E-state index in [1.165, 1.54) is 0 Å². The Bertz CT molecular complexity index is 344. The maximum absolute atomic E-state index is 9.16. The largest absolute Gasteiger partial charge is 0.317 e. The fourth-order valence-corrected chi connectivity index (χ4v) is 1.33. The van der Waals surface area contributed by atoms with E-state index in [0.717, 1.165) is 5.56 Å². The van der Waals surface area contributed by atoms with E-state index in [0.29, 0.717) is 10.0 Å². The van der Waals surface area contributed by atoms with Crippen LogP contribution in [-0.2, 0) is 8.26 Å². The first kappa shape index (κ1) is 14.3. The summed E-state index contributed by atoms with van der Waals surface area (Å²) in [4.78, 5) is 0. The second-order valence-corrected chi connectivity index (χ2v) is 6.87. The maximum Gasteiger partial charge on any atom is 0.317 e. The topological polar surface area (TPSA) is 34.1 Å². The van der Waals surface area contributed by atoms with Crippen molar-refractivity contribution in [3.8, 4) is 0 Å². The standard InChI is InChI=1S/C7H6Cl2.Cl2O2S/c1-5-2-6(8)4-7(9)3-5;1-5(2,3)4/h2-4H,1H3;. The van der Waals surface area contributed by atoms with E-state index in [1.807, 2.05) is 19.1 Å². The Morgan fingerprint density at radius 3 is 1.50 bits per heavy atom. The molecule has 0 unspecified atom stereocenters. The van der Waals surface area contributed by atoms with Crippen LogP contribution >= 0.6 is 44.6 Å². The lowest BCUT2D eigenvalue weighted by Gasteiger charge is -1.93. The smallest absolute Gasteiger partial charge is 0.195 e. The Morgan fingerprint density at radius 2 is 1.29 bits per heavy atom. The van der Waals surface area contributed by atoms with Crippen LogP contribution in [0.25, 0.3) is 0 Å². The van der Waals surface area contributed by atoms with E-state index < -0.39 is 8.26 Å². The number of benzene rings is 1. The number of rotatable bonds is 0. The van der Waals surface area contributed by atoms with Gasteiger partial charge in [-0.05, 0) is 30.7 Å². The van der Waals surface area contributed by atoms with E-state index in [9.17, 15) is 0 Å². The van der Waals surface area contributed by atoms with Crippen LogP contribution in [-0.4, -0.2) is 8.42 Å². The summed E-state index contributed by atoms with van der Waals surface area (Å²) >= 11 is 11.3. The van der Waals surface area contributed by atoms with Gasteiger partial charge in [0.25, 0.3) is 0 Å². The van der Waals surface area contributed by atoms with Gasteiger partial charge in [-0.15, -0.1) is 0 Å². The molecule has 0 bridgehead atoms. The molecule has 0 aliphatic rings. The predicted octanol–water partition coefficient (Wildman–Crippen LogP) is 4.01. The van der Waals surface area contributed by atoms with E-state index in [-0.39, 0.29) is 0 Å². The molecule has 14 heavy (non-hydrogen) atoms. The Kier molecular flexibility index (Phi) is 6.17. The minimum atomic E-state index is -3.72. The van der Waals surface area contributed by atoms with Gasteiger partial charge in [0.2, 0.25) is 0 Å². The van der Waals surface area contributed by atoms with Crippen molar-refractivity contribution in [2.45, 2.75) is 6.92 Å². The van der Waals surface area contributed by atoms with Crippen molar-refractivity contribution in [2.24, 2.45) is 0 Å². The zero-order valence-corrected chi connectivity index (χ0v) is 10.8. The molecule has 80 valence electrons. The molecule has 0 aromatic heterocycles. The van der Waals surface area contributed by atoms with Crippen LogP contribution in [0.3, 0.4) is 0 Å². The molecule has 0 amide bonds. The van der Waals surface area contributed by atoms with Gasteiger partial charge in [-0.1, -0.05) is 23.2 Å². The zero-order valence-electron chi connectivity index (χ0n) is 6.97. The molecule has 0 N–H and O–H groups in total. The van der Waals surface area contributed by atoms with Crippen molar-refractivity contribution in [1.29, 1.82) is 0 Å². The normalized spacial score (nSPS) is 10.4. The van der Waals surface area contributed by atoms with Gasteiger partial charge in [0, 0.05) is 31.4 Å². The van der Waals surface area contributed by atoms with Gasteiger partial charge in [-0.3, -0.25) is 0 Å². The van der Waals surface area contributed by atoms with E-state index in [2.05, 4.69) is 21.4 Å². The Labute approximate surface area is 102 Å². The molecule has 7 heteroatoms. The van der Waals surface area contributed by atoms with Crippen molar-refractivity contribution in [1.82, 2.24) is 0 Å². The monoisotopic (exact) mass is 294 g/mol. The van der Waals surface area contributed by atoms with E-state index in [1.54, 1.807) is 6.07 Å². The van der Waals surface area contributed by atoms with E-state index in [4.69, 9.17) is 31.6 Å². The Morgan fingerprint density at radius 1 is 1.00 bits per heavy atom. The quantitative estimate of drug-likeness (QED) is 0.678. The molecule has 0 radical (unpaired) electrons. The van der Waals surface area contributed by atoms with Gasteiger partial charge in [-0.25, -0.2) is 0 Å². The van der Waals surface area contributed by atoms with Crippen molar-refractivity contribution in [2.75, 3.05) is 0 Å². The second-order valence-electron chi connectivity index (χ2n) is 2.33. The van der Waals surface area contributed by atoms with Gasteiger partial charge in [0.1, 0.15) is 0 Å². The third-order valence-electron chi connectivity index (χ3n) is 1.01. The summed E-state index contributed by atoms with van der Waals surface area (Å²) in [7, 11) is 4.81. The highest BCUT2D eigenvalue weighted by Gasteiger charge is 1.91. The minimum absolute atomic E-state index is 0.694. The van der Waals surface area contributed by atoms with Gasteiger partial charge in [-0.2, -0.15) is 8.42 Å². The van der Waals surface area contributed by atoms with Crippen molar-refractivity contribution < 1.29 is 8.42 Å². The maximum atomic E-state index is 9.16. The molecule has 0 aliphatic carbocycles. The zero-order chi connectivity index (χ0) is 11.4. The molecular weight excluding hydrogens is 290 g/mol. The van der Waals surface area contributed by atoms with Crippen LogP contribution in [0.5, 0.6) is 0 Å². The second kappa shape index (κ2) is 6.03. The minimum Gasteiger partial charge on any atom is -0.195 e. The van der Waals surface area contributed by atoms with Crippen LogP contribution in [0.15, 0.2) is 18.2 Å². The predicted molar refractivity (Wildman–Crippen MR) is 61.8 cm³/mol. The molecule has 0 heterocycles. The fraction of sp³-hybridized carbons (Fsp3) is 0.143. The molecule has 0 atom stereocenters. The molecular formula is C7H6Cl4O2S. The number of hydrogen-bond acceptors (Lipinski definition) is 2. The van der Waals surface area contributed by atoms with Gasteiger partial charge >= 0.3 is 8.26 Å². The molecule has 1 aromatic rings. The average Bonchev–Trinajstić information content (AvgIpc) is 1.77. The van der Waals surface area contributed by atoms with Gasteiger partial charge in [0.05, 0.1) is 0 Å². The first-order valence-corrected chi connectivity index (χ1v) is 7.14. The lowest BCUT2D eigenvalue weighted by Crippen LogP contribution is -1.70. The highest BCUT2D eigenvalue weighted by Crippen LogP contribution is 2.17. The molecule has 0 spiro atoms. The van der Waals surface area contributed by atoms with Crippen molar-refractivity contribution >= 4 is 52.8 Å². The highest BCUT2D eigenvalue weighted by molar-refractivity contribution is 8.31. The van der Waals surface area contributed by atoms with Crippen molar-refractivity contribution in [3.63, 3.8) is 0 Å². The van der Waals surface area contributed by atoms with Crippen LogP contribution in [0.4, 0.5) is 0 Å². The first-order chi connectivity index (χ1) is 6.18. The number of halogens is 4. The van der Waals surface area contributed by atoms with Crippen molar-refractivity contribution in [3.05, 3.63) is 33.8 Å². The average molecular weight is 296 g/mol. The summed E-state index contributed by atoms with van der Waals surface area (Å²) < 4.78 is 18.3. The van der Waals surface area contributed by atoms with Crippen LogP contribution in [0, 0.1) is 6.92 Å². The van der Waals surface area contributed by atoms with Gasteiger partial charge < -0.3 is 0 Å². The SMILES string of the molecule is Cc1cc(Cl)cc(Cl)c1.O=S(=O)(Cl)Cl. The third-order valence-corrected chi connectivity index (χ3v) is 1.44. The summed E-state index contributed by atoms with van der Waals surface area (Å²) in [5, 5.41) is 1.39. The van der Waals surface area contributed by atoms with Crippen LogP contribution in [0.1, 0.15) is 5.56 Å². The molecule has 0 fully saturated rings. The summed E-state index contributed by atoms with van der Waals surface area (Å²) in [6, 6.07) is 5.46. The molecule has 1 aromatic carbocycles. The number of hydrogen-bond donors (Lipinski definition) is 0. The van der Waals surface area contributed by atoms with Crippen LogP contribution < -0.4 is 0 Å². The summed E-state index contributed by atoms with van der Waals surface area (Å²) in [5.74, 6) is 0. The molecule has 0 saturated carbocycles. The summed E-state index contributed by atoms with van der Waals surface area (Å²) in [6.07, 6.45) is 0.